The minimum Gasteiger partial charge on any atom is -0.506 e. The predicted molar refractivity (Wildman–Crippen MR) is 61.4 cm³/mol. The van der Waals surface area contributed by atoms with Gasteiger partial charge in [0.15, 0.2) is 0 Å². The third-order valence-corrected chi connectivity index (χ3v) is 2.35. The van der Waals surface area contributed by atoms with Crippen LogP contribution in [-0.4, -0.2) is 26.2 Å². The first-order chi connectivity index (χ1) is 6.61. The van der Waals surface area contributed by atoms with E-state index in [9.17, 15) is 5.11 Å². The van der Waals surface area contributed by atoms with E-state index in [2.05, 4.69) is 17.1 Å². The molecule has 2 N–H and O–H groups in total. The van der Waals surface area contributed by atoms with Crippen molar-refractivity contribution >= 4 is 11.4 Å². The number of benzene rings is 1. The highest BCUT2D eigenvalue weighted by Gasteiger charge is 2.11. The molecule has 0 aliphatic rings. The summed E-state index contributed by atoms with van der Waals surface area (Å²) in [7, 11) is 5.84. The SMILES string of the molecule is CCc1c(N(C)C)ccc(O)c1NC. The lowest BCUT2D eigenvalue weighted by Crippen LogP contribution is -2.12. The first-order valence-corrected chi connectivity index (χ1v) is 4.81. The first-order valence-electron chi connectivity index (χ1n) is 4.81. The maximum atomic E-state index is 9.65. The van der Waals surface area contributed by atoms with E-state index in [0.717, 1.165) is 23.4 Å². The third-order valence-electron chi connectivity index (χ3n) is 2.35. The van der Waals surface area contributed by atoms with Crippen molar-refractivity contribution in [3.05, 3.63) is 17.7 Å². The molecule has 0 unspecified atom stereocenters. The van der Waals surface area contributed by atoms with Crippen LogP contribution in [0.2, 0.25) is 0 Å². The normalized spacial score (nSPS) is 10.0. The fourth-order valence-electron chi connectivity index (χ4n) is 1.68. The van der Waals surface area contributed by atoms with E-state index in [1.807, 2.05) is 27.2 Å². The Morgan fingerprint density at radius 1 is 1.36 bits per heavy atom. The molecule has 0 radical (unpaired) electrons. The van der Waals surface area contributed by atoms with Crippen LogP contribution in [0.4, 0.5) is 11.4 Å². The van der Waals surface area contributed by atoms with Crippen molar-refractivity contribution in [2.24, 2.45) is 0 Å². The molecule has 0 spiro atoms. The topological polar surface area (TPSA) is 35.5 Å². The van der Waals surface area contributed by atoms with E-state index in [0.29, 0.717) is 5.75 Å². The molecule has 0 saturated heterocycles. The highest BCUT2D eigenvalue weighted by Crippen LogP contribution is 2.34. The van der Waals surface area contributed by atoms with Gasteiger partial charge in [0.05, 0.1) is 5.69 Å². The van der Waals surface area contributed by atoms with Crippen molar-refractivity contribution < 1.29 is 5.11 Å². The van der Waals surface area contributed by atoms with Crippen molar-refractivity contribution in [2.45, 2.75) is 13.3 Å². The van der Waals surface area contributed by atoms with Gasteiger partial charge in [-0.2, -0.15) is 0 Å². The molecule has 0 heterocycles. The summed E-state index contributed by atoms with van der Waals surface area (Å²) in [5.41, 5.74) is 3.13. The number of aromatic hydroxyl groups is 1. The van der Waals surface area contributed by atoms with Crippen LogP contribution in [-0.2, 0) is 6.42 Å². The second kappa shape index (κ2) is 4.22. The van der Waals surface area contributed by atoms with Crippen molar-refractivity contribution in [3.63, 3.8) is 0 Å². The number of rotatable bonds is 3. The Morgan fingerprint density at radius 2 is 2.00 bits per heavy atom. The molecule has 1 aromatic rings. The van der Waals surface area contributed by atoms with E-state index < -0.39 is 0 Å². The van der Waals surface area contributed by atoms with Crippen LogP contribution in [0.15, 0.2) is 12.1 Å². The minimum atomic E-state index is 0.315. The second-order valence-corrected chi connectivity index (χ2v) is 3.46. The zero-order valence-corrected chi connectivity index (χ0v) is 9.26. The molecule has 1 rings (SSSR count). The highest BCUT2D eigenvalue weighted by atomic mass is 16.3. The summed E-state index contributed by atoms with van der Waals surface area (Å²) >= 11 is 0. The third kappa shape index (κ3) is 1.76. The molecular weight excluding hydrogens is 176 g/mol. The zero-order valence-electron chi connectivity index (χ0n) is 9.26. The lowest BCUT2D eigenvalue weighted by Gasteiger charge is -2.20. The van der Waals surface area contributed by atoms with Gasteiger partial charge in [-0.05, 0) is 18.6 Å². The number of hydrogen-bond donors (Lipinski definition) is 2. The molecule has 0 aromatic heterocycles. The fraction of sp³-hybridized carbons (Fsp3) is 0.455. The van der Waals surface area contributed by atoms with E-state index in [1.165, 1.54) is 0 Å². The Kier molecular flexibility index (Phi) is 3.23. The van der Waals surface area contributed by atoms with Gasteiger partial charge in [-0.15, -0.1) is 0 Å². The molecule has 14 heavy (non-hydrogen) atoms. The quantitative estimate of drug-likeness (QED) is 0.723. The predicted octanol–water partition coefficient (Wildman–Crippen LogP) is 2.06. The molecule has 0 bridgehead atoms. The van der Waals surface area contributed by atoms with Crippen LogP contribution in [0.1, 0.15) is 12.5 Å². The van der Waals surface area contributed by atoms with Crippen molar-refractivity contribution in [1.82, 2.24) is 0 Å². The van der Waals surface area contributed by atoms with Crippen molar-refractivity contribution in [2.75, 3.05) is 31.4 Å². The lowest BCUT2D eigenvalue weighted by molar-refractivity contribution is 0.477. The number of anilines is 2. The molecule has 3 heteroatoms. The van der Waals surface area contributed by atoms with Gasteiger partial charge in [0.25, 0.3) is 0 Å². The highest BCUT2D eigenvalue weighted by molar-refractivity contribution is 5.72. The van der Waals surface area contributed by atoms with Crippen LogP contribution in [0.3, 0.4) is 0 Å². The molecular formula is C11H18N2O. The average molecular weight is 194 g/mol. The Bertz CT molecular complexity index is 321. The Hall–Kier alpha value is -1.38. The number of nitrogens with one attached hydrogen (secondary N) is 1. The van der Waals surface area contributed by atoms with Crippen molar-refractivity contribution in [1.29, 1.82) is 0 Å². The summed E-state index contributed by atoms with van der Waals surface area (Å²) in [6.45, 7) is 2.09. The minimum absolute atomic E-state index is 0.315. The number of hydrogen-bond acceptors (Lipinski definition) is 3. The maximum Gasteiger partial charge on any atom is 0.139 e. The van der Waals surface area contributed by atoms with Crippen molar-refractivity contribution in [3.8, 4) is 5.75 Å². The summed E-state index contributed by atoms with van der Waals surface area (Å²) in [6.07, 6.45) is 0.901. The summed E-state index contributed by atoms with van der Waals surface area (Å²) < 4.78 is 0. The van der Waals surface area contributed by atoms with Gasteiger partial charge >= 0.3 is 0 Å². The van der Waals surface area contributed by atoms with Gasteiger partial charge in [-0.25, -0.2) is 0 Å². The largest absolute Gasteiger partial charge is 0.506 e. The summed E-state index contributed by atoms with van der Waals surface area (Å²) in [5, 5.41) is 12.7. The van der Waals surface area contributed by atoms with Crippen LogP contribution >= 0.6 is 0 Å². The Balaban J connectivity index is 3.33. The molecule has 0 saturated carbocycles. The van der Waals surface area contributed by atoms with Gasteiger partial charge in [0, 0.05) is 32.4 Å². The van der Waals surface area contributed by atoms with Gasteiger partial charge in [-0.3, -0.25) is 0 Å². The first kappa shape index (κ1) is 10.7. The molecule has 0 aliphatic carbocycles. The van der Waals surface area contributed by atoms with Crippen LogP contribution in [0.25, 0.3) is 0 Å². The number of nitrogens with zero attached hydrogens (tertiary/aromatic N) is 1. The van der Waals surface area contributed by atoms with Gasteiger partial charge in [0.1, 0.15) is 5.75 Å². The van der Waals surface area contributed by atoms with Gasteiger partial charge in [-0.1, -0.05) is 6.92 Å². The van der Waals surface area contributed by atoms with Gasteiger partial charge in [0.2, 0.25) is 0 Å². The molecule has 0 fully saturated rings. The van der Waals surface area contributed by atoms with E-state index in [1.54, 1.807) is 6.07 Å². The average Bonchev–Trinajstić information content (AvgIpc) is 2.16. The standard InChI is InChI=1S/C11H18N2O/c1-5-8-9(13(3)4)6-7-10(14)11(8)12-2/h6-7,12,14H,5H2,1-4H3. The maximum absolute atomic E-state index is 9.65. The van der Waals surface area contributed by atoms with E-state index in [-0.39, 0.29) is 0 Å². The Labute approximate surface area is 85.4 Å². The molecule has 78 valence electrons. The molecule has 0 atom stereocenters. The second-order valence-electron chi connectivity index (χ2n) is 3.46. The van der Waals surface area contributed by atoms with E-state index >= 15 is 0 Å². The number of phenols is 1. The summed E-state index contributed by atoms with van der Waals surface area (Å²) in [5.74, 6) is 0.315. The molecule has 0 amide bonds. The lowest BCUT2D eigenvalue weighted by atomic mass is 10.1. The fourth-order valence-corrected chi connectivity index (χ4v) is 1.68. The summed E-state index contributed by atoms with van der Waals surface area (Å²) in [6, 6.07) is 3.66. The number of phenolic OH excluding ortho intramolecular Hbond substituents is 1. The smallest absolute Gasteiger partial charge is 0.139 e. The van der Waals surface area contributed by atoms with Gasteiger partial charge < -0.3 is 15.3 Å². The zero-order chi connectivity index (χ0) is 10.7. The Morgan fingerprint density at radius 3 is 2.43 bits per heavy atom. The van der Waals surface area contributed by atoms with E-state index in [4.69, 9.17) is 0 Å². The van der Waals surface area contributed by atoms with Crippen LogP contribution < -0.4 is 10.2 Å². The monoisotopic (exact) mass is 194 g/mol. The molecule has 0 aliphatic heterocycles. The summed E-state index contributed by atoms with van der Waals surface area (Å²) in [4.78, 5) is 2.05. The van der Waals surface area contributed by atoms with Crippen LogP contribution in [0.5, 0.6) is 5.75 Å². The van der Waals surface area contributed by atoms with Crippen LogP contribution in [0, 0.1) is 0 Å². The molecule has 3 nitrogen and oxygen atoms in total. The molecule has 1 aromatic carbocycles.